The highest BCUT2D eigenvalue weighted by molar-refractivity contribution is 7.99. The number of nitrogens with zero attached hydrogens (tertiary/aromatic N) is 4. The summed E-state index contributed by atoms with van der Waals surface area (Å²) in [5.74, 6) is 6.16. The van der Waals surface area contributed by atoms with E-state index in [1.54, 1.807) is 31.3 Å². The van der Waals surface area contributed by atoms with Gasteiger partial charge in [0.25, 0.3) is 0 Å². The van der Waals surface area contributed by atoms with E-state index in [1.165, 1.54) is 15.1 Å². The van der Waals surface area contributed by atoms with E-state index in [-0.39, 0.29) is 29.5 Å². The fraction of sp³-hybridized carbons (Fsp3) is 0.304. The van der Waals surface area contributed by atoms with Crippen LogP contribution in [0, 0.1) is 0 Å². The number of nitrogens with two attached hydrogens (primary N) is 1. The summed E-state index contributed by atoms with van der Waals surface area (Å²) in [7, 11) is 1.56. The van der Waals surface area contributed by atoms with E-state index in [4.69, 9.17) is 17.4 Å². The van der Waals surface area contributed by atoms with Gasteiger partial charge in [0.15, 0.2) is 5.82 Å². The molecule has 0 atom stereocenters. The summed E-state index contributed by atoms with van der Waals surface area (Å²) in [6, 6.07) is 14.9. The average molecular weight is 487 g/mol. The third-order valence-corrected chi connectivity index (χ3v) is 6.21. The first-order valence-electron chi connectivity index (χ1n) is 10.3. The Balaban J connectivity index is 1.56. The number of anilines is 1. The first kappa shape index (κ1) is 24.6. The third-order valence-electron chi connectivity index (χ3n) is 4.95. The molecule has 3 aromatic rings. The lowest BCUT2D eigenvalue weighted by atomic mass is 9.87. The van der Waals surface area contributed by atoms with Crippen molar-refractivity contribution < 1.29 is 9.59 Å². The van der Waals surface area contributed by atoms with Gasteiger partial charge >= 0.3 is 0 Å². The number of amides is 2. The minimum Gasteiger partial charge on any atom is -0.336 e. The van der Waals surface area contributed by atoms with Gasteiger partial charge in [-0.2, -0.15) is 0 Å². The molecular weight excluding hydrogens is 460 g/mol. The van der Waals surface area contributed by atoms with Crippen LogP contribution in [0.1, 0.15) is 26.3 Å². The number of hydrogen-bond donors (Lipinski definition) is 2. The third kappa shape index (κ3) is 6.27. The maximum absolute atomic E-state index is 12.5. The average Bonchev–Trinajstić information content (AvgIpc) is 3.13. The first-order chi connectivity index (χ1) is 15.6. The lowest BCUT2D eigenvalue weighted by molar-refractivity contribution is -0.131. The van der Waals surface area contributed by atoms with E-state index in [0.717, 1.165) is 17.3 Å². The van der Waals surface area contributed by atoms with Crippen LogP contribution in [0.15, 0.2) is 53.7 Å². The van der Waals surface area contributed by atoms with E-state index < -0.39 is 0 Å². The summed E-state index contributed by atoms with van der Waals surface area (Å²) in [5, 5.41) is 11.8. The first-order valence-corrected chi connectivity index (χ1v) is 11.6. The molecule has 0 saturated carbocycles. The maximum atomic E-state index is 12.5. The predicted octanol–water partition coefficient (Wildman–Crippen LogP) is 3.80. The Morgan fingerprint density at radius 3 is 2.42 bits per heavy atom. The number of hydrogen-bond acceptors (Lipinski definition) is 6. The molecule has 3 N–H and O–H groups in total. The lowest BCUT2D eigenvalue weighted by Gasteiger charge is -2.19. The molecule has 1 aromatic heterocycles. The standard InChI is InChI=1S/C23H27ClN6O2S/c1-23(2,3)16-11-9-15(10-12-16)21-27-28-22(30(21)25)33-14-20(32)29(4)13-19(31)26-18-8-6-5-7-17(18)24/h5-12H,13-14,25H2,1-4H3,(H,26,31). The van der Waals surface area contributed by atoms with Gasteiger partial charge in [-0.05, 0) is 23.1 Å². The van der Waals surface area contributed by atoms with Crippen LogP contribution in [0.5, 0.6) is 0 Å². The van der Waals surface area contributed by atoms with E-state index in [0.29, 0.717) is 21.7 Å². The Morgan fingerprint density at radius 1 is 1.12 bits per heavy atom. The molecule has 174 valence electrons. The van der Waals surface area contributed by atoms with Gasteiger partial charge in [-0.3, -0.25) is 9.59 Å². The fourth-order valence-corrected chi connectivity index (χ4v) is 3.96. The van der Waals surface area contributed by atoms with Crippen molar-refractivity contribution >= 4 is 40.9 Å². The fourth-order valence-electron chi connectivity index (χ4n) is 2.98. The van der Waals surface area contributed by atoms with Crippen molar-refractivity contribution in [1.29, 1.82) is 0 Å². The second kappa shape index (κ2) is 10.3. The number of nitrogen functional groups attached to an aromatic ring is 1. The van der Waals surface area contributed by atoms with Crippen molar-refractivity contribution in [3.05, 3.63) is 59.1 Å². The second-order valence-corrected chi connectivity index (χ2v) is 9.92. The van der Waals surface area contributed by atoms with Crippen LogP contribution in [0.2, 0.25) is 5.02 Å². The summed E-state index contributed by atoms with van der Waals surface area (Å²) in [4.78, 5) is 26.1. The molecule has 0 saturated heterocycles. The molecule has 0 aliphatic rings. The number of benzene rings is 2. The monoisotopic (exact) mass is 486 g/mol. The minimum atomic E-state index is -0.341. The van der Waals surface area contributed by atoms with Gasteiger partial charge in [0.2, 0.25) is 17.0 Å². The SMILES string of the molecule is CN(CC(=O)Nc1ccccc1Cl)C(=O)CSc1nnc(-c2ccc(C(C)(C)C)cc2)n1N. The lowest BCUT2D eigenvalue weighted by Crippen LogP contribution is -2.36. The minimum absolute atomic E-state index is 0.0482. The van der Waals surface area contributed by atoms with Crippen LogP contribution in [-0.4, -0.2) is 50.9 Å². The van der Waals surface area contributed by atoms with Crippen molar-refractivity contribution in [2.24, 2.45) is 0 Å². The van der Waals surface area contributed by atoms with Crippen LogP contribution >= 0.6 is 23.4 Å². The van der Waals surface area contributed by atoms with E-state index in [1.807, 2.05) is 24.3 Å². The van der Waals surface area contributed by atoms with Crippen LogP contribution < -0.4 is 11.2 Å². The number of rotatable bonds is 7. The molecule has 0 radical (unpaired) electrons. The summed E-state index contributed by atoms with van der Waals surface area (Å²) in [5.41, 5.74) is 2.59. The van der Waals surface area contributed by atoms with E-state index in [9.17, 15) is 9.59 Å². The summed E-state index contributed by atoms with van der Waals surface area (Å²) < 4.78 is 1.37. The zero-order valence-corrected chi connectivity index (χ0v) is 20.6. The number of likely N-dealkylation sites (N-methyl/N-ethyl adjacent to an activating group) is 1. The molecule has 2 aromatic carbocycles. The van der Waals surface area contributed by atoms with Gasteiger partial charge in [0.05, 0.1) is 23.0 Å². The predicted molar refractivity (Wildman–Crippen MR) is 133 cm³/mol. The van der Waals surface area contributed by atoms with Gasteiger partial charge in [-0.25, -0.2) is 4.68 Å². The molecule has 8 nitrogen and oxygen atoms in total. The van der Waals surface area contributed by atoms with Crippen LogP contribution in [0.25, 0.3) is 11.4 Å². The highest BCUT2D eigenvalue weighted by Crippen LogP contribution is 2.26. The quantitative estimate of drug-likeness (QED) is 0.388. The summed E-state index contributed by atoms with van der Waals surface area (Å²) >= 11 is 7.21. The molecule has 0 unspecified atom stereocenters. The molecule has 0 fully saturated rings. The molecule has 33 heavy (non-hydrogen) atoms. The van der Waals surface area contributed by atoms with Crippen molar-refractivity contribution in [2.75, 3.05) is 30.5 Å². The highest BCUT2D eigenvalue weighted by atomic mass is 35.5. The Hall–Kier alpha value is -3.04. The topological polar surface area (TPSA) is 106 Å². The molecule has 1 heterocycles. The Morgan fingerprint density at radius 2 is 1.79 bits per heavy atom. The van der Waals surface area contributed by atoms with Gasteiger partial charge < -0.3 is 16.1 Å². The highest BCUT2D eigenvalue weighted by Gasteiger charge is 2.18. The number of carbonyl (C=O) groups is 2. The Kier molecular flexibility index (Phi) is 7.65. The molecule has 10 heteroatoms. The summed E-state index contributed by atoms with van der Waals surface area (Å²) in [6.45, 7) is 6.34. The van der Waals surface area contributed by atoms with E-state index in [2.05, 4.69) is 36.3 Å². The van der Waals surface area contributed by atoms with Crippen LogP contribution in [0.3, 0.4) is 0 Å². The largest absolute Gasteiger partial charge is 0.336 e. The number of aromatic nitrogens is 3. The number of thioether (sulfide) groups is 1. The zero-order chi connectivity index (χ0) is 24.2. The number of carbonyl (C=O) groups excluding carboxylic acids is 2. The number of halogens is 1. The van der Waals surface area contributed by atoms with Gasteiger partial charge in [0, 0.05) is 12.6 Å². The van der Waals surface area contributed by atoms with Crippen molar-refractivity contribution in [3.63, 3.8) is 0 Å². The second-order valence-electron chi connectivity index (χ2n) is 8.57. The smallest absolute Gasteiger partial charge is 0.244 e. The van der Waals surface area contributed by atoms with Crippen molar-refractivity contribution in [2.45, 2.75) is 31.3 Å². The maximum Gasteiger partial charge on any atom is 0.244 e. The Bertz CT molecular complexity index is 1140. The molecule has 0 bridgehead atoms. The van der Waals surface area contributed by atoms with Crippen LogP contribution in [0.4, 0.5) is 5.69 Å². The summed E-state index contributed by atoms with van der Waals surface area (Å²) in [6.07, 6.45) is 0. The Labute approximate surface area is 202 Å². The normalized spacial score (nSPS) is 11.3. The molecule has 0 aliphatic carbocycles. The molecule has 2 amide bonds. The van der Waals surface area contributed by atoms with Crippen molar-refractivity contribution in [3.8, 4) is 11.4 Å². The zero-order valence-electron chi connectivity index (χ0n) is 19.0. The van der Waals surface area contributed by atoms with Crippen molar-refractivity contribution in [1.82, 2.24) is 19.8 Å². The molecule has 3 rings (SSSR count). The molecule has 0 aliphatic heterocycles. The van der Waals surface area contributed by atoms with Gasteiger partial charge in [-0.15, -0.1) is 10.2 Å². The molecular formula is C23H27ClN6O2S. The number of nitrogens with one attached hydrogen (secondary N) is 1. The van der Waals surface area contributed by atoms with Crippen LogP contribution in [-0.2, 0) is 15.0 Å². The number of para-hydroxylation sites is 1. The van der Waals surface area contributed by atoms with Gasteiger partial charge in [-0.1, -0.05) is 80.5 Å². The van der Waals surface area contributed by atoms with E-state index >= 15 is 0 Å². The van der Waals surface area contributed by atoms with Gasteiger partial charge in [0.1, 0.15) is 0 Å². The molecule has 0 spiro atoms.